The molecule has 1 aliphatic rings. The van der Waals surface area contributed by atoms with Crippen LogP contribution in [0.5, 0.6) is 0 Å². The highest BCUT2D eigenvalue weighted by atomic mass is 16.9. The van der Waals surface area contributed by atoms with Gasteiger partial charge >= 0.3 is 0 Å². The van der Waals surface area contributed by atoms with Crippen LogP contribution in [0.2, 0.25) is 0 Å². The molecule has 2 rings (SSSR count). The first-order valence-electron chi connectivity index (χ1n) is 19.7. The second-order valence-corrected chi connectivity index (χ2v) is 13.5. The number of benzene rings is 1. The van der Waals surface area contributed by atoms with Gasteiger partial charge in [0.15, 0.2) is 0 Å². The standard InChI is InChI=1S/C22H39NO3.C19H38O5/c1-5-6-7-8-9-11-15-20(22(24-2,25-3)26-4)16-14-19-23-21-17-12-10-13-18-21;1-5-6-7-8-9-10-12-17(19(20-2,21-3)22-4)13-11-14-23-15-18-16-24-18/h10,12-13,17-18,20,23H,5-9,11,14-16,19H2,1-4H3;17-18H,5-16H2,1-4H3. The Labute approximate surface area is 307 Å². The third-order valence-electron chi connectivity index (χ3n) is 9.90. The van der Waals surface area contributed by atoms with E-state index in [0.29, 0.717) is 12.7 Å². The molecule has 0 aromatic heterocycles. The van der Waals surface area contributed by atoms with Crippen LogP contribution in [0.25, 0.3) is 0 Å². The first-order chi connectivity index (χ1) is 24.4. The monoisotopic (exact) mass is 712 g/mol. The van der Waals surface area contributed by atoms with E-state index in [-0.39, 0.29) is 11.8 Å². The Kier molecular flexibility index (Phi) is 28.2. The van der Waals surface area contributed by atoms with E-state index >= 15 is 0 Å². The topological polar surface area (TPSA) is 89.2 Å². The molecular weight excluding hydrogens is 634 g/mol. The summed E-state index contributed by atoms with van der Waals surface area (Å²) in [5.74, 6) is -1.44. The zero-order chi connectivity index (χ0) is 36.8. The van der Waals surface area contributed by atoms with Crippen molar-refractivity contribution >= 4 is 5.69 Å². The van der Waals surface area contributed by atoms with Crippen LogP contribution in [-0.4, -0.2) is 87.1 Å². The van der Waals surface area contributed by atoms with Crippen molar-refractivity contribution in [1.29, 1.82) is 0 Å². The highest BCUT2D eigenvalue weighted by Gasteiger charge is 2.40. The molecule has 9 nitrogen and oxygen atoms in total. The molecule has 1 heterocycles. The molecule has 9 heteroatoms. The molecular formula is C41H77NO8. The van der Waals surface area contributed by atoms with Gasteiger partial charge < -0.3 is 43.2 Å². The Morgan fingerprint density at radius 1 is 0.600 bits per heavy atom. The Hall–Kier alpha value is -1.30. The van der Waals surface area contributed by atoms with Gasteiger partial charge in [0.2, 0.25) is 0 Å². The quantitative estimate of drug-likeness (QED) is 0.0435. The Morgan fingerprint density at radius 2 is 1.02 bits per heavy atom. The highest BCUT2D eigenvalue weighted by Crippen LogP contribution is 2.33. The average molecular weight is 712 g/mol. The van der Waals surface area contributed by atoms with Crippen LogP contribution in [0.15, 0.2) is 30.3 Å². The molecule has 0 amide bonds. The fraction of sp³-hybridized carbons (Fsp3) is 0.854. The summed E-state index contributed by atoms with van der Waals surface area (Å²) in [4.78, 5) is 0. The zero-order valence-electron chi connectivity index (χ0n) is 33.4. The van der Waals surface area contributed by atoms with Gasteiger partial charge in [-0.1, -0.05) is 109 Å². The molecule has 1 aromatic rings. The third-order valence-corrected chi connectivity index (χ3v) is 9.90. The molecule has 0 radical (unpaired) electrons. The Morgan fingerprint density at radius 3 is 1.46 bits per heavy atom. The molecule has 1 aliphatic heterocycles. The van der Waals surface area contributed by atoms with Gasteiger partial charge in [-0.25, -0.2) is 0 Å². The number of hydrogen-bond donors (Lipinski definition) is 1. The fourth-order valence-electron chi connectivity index (χ4n) is 6.79. The summed E-state index contributed by atoms with van der Waals surface area (Å²) in [6.07, 6.45) is 21.9. The number of nitrogens with one attached hydrogen (secondary N) is 1. The molecule has 294 valence electrons. The van der Waals surface area contributed by atoms with Gasteiger partial charge in [-0.2, -0.15) is 0 Å². The second-order valence-electron chi connectivity index (χ2n) is 13.5. The number of para-hydroxylation sites is 1. The van der Waals surface area contributed by atoms with E-state index in [1.807, 2.05) is 6.07 Å². The van der Waals surface area contributed by atoms with Crippen LogP contribution in [0.1, 0.15) is 129 Å². The summed E-state index contributed by atoms with van der Waals surface area (Å²) in [7, 11) is 9.98. The number of anilines is 1. The summed E-state index contributed by atoms with van der Waals surface area (Å²) in [6, 6.07) is 10.3. The van der Waals surface area contributed by atoms with E-state index in [1.165, 1.54) is 77.0 Å². The van der Waals surface area contributed by atoms with E-state index in [9.17, 15) is 0 Å². The number of methoxy groups -OCH3 is 6. The van der Waals surface area contributed by atoms with Gasteiger partial charge in [0, 0.05) is 73.3 Å². The molecule has 0 bridgehead atoms. The van der Waals surface area contributed by atoms with Gasteiger partial charge in [0.05, 0.1) is 13.2 Å². The number of epoxide rings is 1. The van der Waals surface area contributed by atoms with Crippen molar-refractivity contribution in [2.75, 3.05) is 74.3 Å². The maximum atomic E-state index is 5.64. The van der Waals surface area contributed by atoms with Crippen molar-refractivity contribution in [1.82, 2.24) is 0 Å². The van der Waals surface area contributed by atoms with Crippen molar-refractivity contribution in [2.45, 2.75) is 147 Å². The molecule has 0 spiro atoms. The van der Waals surface area contributed by atoms with E-state index in [2.05, 4.69) is 43.4 Å². The minimum absolute atomic E-state index is 0.212. The maximum Gasteiger partial charge on any atom is 0.285 e. The minimum Gasteiger partial charge on any atom is -0.385 e. The van der Waals surface area contributed by atoms with Crippen LogP contribution in [0, 0.1) is 11.8 Å². The molecule has 0 aliphatic carbocycles. The SMILES string of the molecule is CCCCCCCCC(CCCNc1ccccc1)C(OC)(OC)OC.CCCCCCCCC(CCCOCC1CO1)C(OC)(OC)OC. The predicted molar refractivity (Wildman–Crippen MR) is 204 cm³/mol. The molecule has 3 atom stereocenters. The molecule has 1 saturated heterocycles. The van der Waals surface area contributed by atoms with Gasteiger partial charge in [0.25, 0.3) is 11.9 Å². The second kappa shape index (κ2) is 30.2. The normalized spacial score (nSPS) is 15.7. The zero-order valence-corrected chi connectivity index (χ0v) is 33.4. The van der Waals surface area contributed by atoms with Gasteiger partial charge in [0.1, 0.15) is 6.10 Å². The first-order valence-corrected chi connectivity index (χ1v) is 19.7. The van der Waals surface area contributed by atoms with E-state index in [1.54, 1.807) is 42.7 Å². The van der Waals surface area contributed by atoms with Gasteiger partial charge in [-0.15, -0.1) is 0 Å². The van der Waals surface area contributed by atoms with Crippen LogP contribution in [-0.2, 0) is 37.9 Å². The largest absolute Gasteiger partial charge is 0.385 e. The predicted octanol–water partition coefficient (Wildman–Crippen LogP) is 9.98. The molecule has 0 saturated carbocycles. The van der Waals surface area contributed by atoms with Crippen molar-refractivity contribution < 1.29 is 37.9 Å². The summed E-state index contributed by atoms with van der Waals surface area (Å²) < 4.78 is 44.5. The lowest BCUT2D eigenvalue weighted by molar-refractivity contribution is -0.380. The van der Waals surface area contributed by atoms with Gasteiger partial charge in [-0.05, 0) is 50.7 Å². The summed E-state index contributed by atoms with van der Waals surface area (Å²) in [6.45, 7) is 7.75. The van der Waals surface area contributed by atoms with Crippen LogP contribution < -0.4 is 5.32 Å². The molecule has 1 fully saturated rings. The van der Waals surface area contributed by atoms with Crippen LogP contribution in [0.3, 0.4) is 0 Å². The lowest BCUT2D eigenvalue weighted by atomic mass is 9.93. The average Bonchev–Trinajstić information content (AvgIpc) is 3.99. The fourth-order valence-corrected chi connectivity index (χ4v) is 6.79. The smallest absolute Gasteiger partial charge is 0.285 e. The van der Waals surface area contributed by atoms with Crippen LogP contribution >= 0.6 is 0 Å². The number of hydrogen-bond acceptors (Lipinski definition) is 9. The summed E-state index contributed by atoms with van der Waals surface area (Å²) in [5.41, 5.74) is 1.16. The van der Waals surface area contributed by atoms with E-state index < -0.39 is 11.9 Å². The Balaban J connectivity index is 0.000000502. The van der Waals surface area contributed by atoms with Crippen molar-refractivity contribution in [3.63, 3.8) is 0 Å². The number of unbranched alkanes of at least 4 members (excludes halogenated alkanes) is 10. The maximum absolute atomic E-state index is 5.64. The first kappa shape index (κ1) is 46.7. The minimum atomic E-state index is -0.941. The third kappa shape index (κ3) is 19.5. The molecule has 1 aromatic carbocycles. The van der Waals surface area contributed by atoms with E-state index in [0.717, 1.165) is 64.0 Å². The van der Waals surface area contributed by atoms with Crippen molar-refractivity contribution in [3.05, 3.63) is 30.3 Å². The van der Waals surface area contributed by atoms with Crippen LogP contribution in [0.4, 0.5) is 5.69 Å². The number of rotatable bonds is 33. The van der Waals surface area contributed by atoms with Gasteiger partial charge in [-0.3, -0.25) is 0 Å². The molecule has 50 heavy (non-hydrogen) atoms. The van der Waals surface area contributed by atoms with Crippen molar-refractivity contribution in [3.8, 4) is 0 Å². The lowest BCUT2D eigenvalue weighted by Gasteiger charge is -2.36. The highest BCUT2D eigenvalue weighted by molar-refractivity contribution is 5.42. The Bertz CT molecular complexity index is 847. The summed E-state index contributed by atoms with van der Waals surface area (Å²) >= 11 is 0. The summed E-state index contributed by atoms with van der Waals surface area (Å²) in [5, 5.41) is 3.47. The van der Waals surface area contributed by atoms with Crippen molar-refractivity contribution in [2.24, 2.45) is 11.8 Å². The number of ether oxygens (including phenoxy) is 8. The molecule has 3 unspecified atom stereocenters. The lowest BCUT2D eigenvalue weighted by Crippen LogP contribution is -2.44. The molecule has 1 N–H and O–H groups in total. The van der Waals surface area contributed by atoms with E-state index in [4.69, 9.17) is 37.9 Å².